The second kappa shape index (κ2) is 4.81. The van der Waals surface area contributed by atoms with Crippen molar-refractivity contribution < 1.29 is 9.53 Å². The monoisotopic (exact) mass is 313 g/mol. The van der Waals surface area contributed by atoms with E-state index in [0.717, 1.165) is 11.3 Å². The number of ether oxygens (including phenoxy) is 1. The third-order valence-electron chi connectivity index (χ3n) is 4.35. The Balaban J connectivity index is 1.77. The van der Waals surface area contributed by atoms with Gasteiger partial charge in [-0.3, -0.25) is 4.79 Å². The summed E-state index contributed by atoms with van der Waals surface area (Å²) in [5.41, 5.74) is 1.06. The highest BCUT2D eigenvalue weighted by Gasteiger charge is 2.70. The Hall–Kier alpha value is -0.930. The Morgan fingerprint density at radius 1 is 1.35 bits per heavy atom. The number of methoxy groups -OCH3 is 1. The summed E-state index contributed by atoms with van der Waals surface area (Å²) in [6.45, 7) is 2.60. The van der Waals surface area contributed by atoms with E-state index in [4.69, 9.17) is 27.9 Å². The minimum absolute atomic E-state index is 0.0517. The average Bonchev–Trinajstić information content (AvgIpc) is 2.99. The first-order chi connectivity index (χ1) is 9.45. The molecule has 1 aliphatic carbocycles. The average molecular weight is 314 g/mol. The number of alkyl halides is 2. The summed E-state index contributed by atoms with van der Waals surface area (Å²) in [6, 6.07) is 7.66. The van der Waals surface area contributed by atoms with Crippen LogP contribution in [0.1, 0.15) is 18.9 Å². The quantitative estimate of drug-likeness (QED) is 0.802. The molecule has 3 rings (SSSR count). The fourth-order valence-electron chi connectivity index (χ4n) is 3.21. The zero-order chi connectivity index (χ0) is 14.5. The van der Waals surface area contributed by atoms with Gasteiger partial charge in [0, 0.05) is 18.9 Å². The van der Waals surface area contributed by atoms with E-state index in [1.54, 1.807) is 7.11 Å². The number of hydrogen-bond donors (Lipinski definition) is 0. The Morgan fingerprint density at radius 2 is 2.00 bits per heavy atom. The molecule has 0 spiro atoms. The highest BCUT2D eigenvalue weighted by Crippen LogP contribution is 2.62. The number of nitrogens with zero attached hydrogens (tertiary/aromatic N) is 1. The summed E-state index contributed by atoms with van der Waals surface area (Å²) < 4.78 is 4.35. The minimum Gasteiger partial charge on any atom is -0.497 e. The van der Waals surface area contributed by atoms with E-state index in [2.05, 4.69) is 0 Å². The van der Waals surface area contributed by atoms with Crippen LogP contribution in [0.15, 0.2) is 24.3 Å². The van der Waals surface area contributed by atoms with Crippen molar-refractivity contribution >= 4 is 29.1 Å². The van der Waals surface area contributed by atoms with Gasteiger partial charge in [0.2, 0.25) is 5.91 Å². The molecule has 108 valence electrons. The molecule has 2 aliphatic rings. The van der Waals surface area contributed by atoms with Gasteiger partial charge in [0.05, 0.1) is 13.2 Å². The summed E-state index contributed by atoms with van der Waals surface area (Å²) >= 11 is 12.7. The summed E-state index contributed by atoms with van der Waals surface area (Å²) in [5.74, 6) is 1.40. The van der Waals surface area contributed by atoms with Crippen LogP contribution in [-0.4, -0.2) is 28.3 Å². The summed E-state index contributed by atoms with van der Waals surface area (Å²) in [6.07, 6.45) is 0.526. The maximum Gasteiger partial charge on any atom is 0.223 e. The number of piperidine rings is 1. The molecule has 0 unspecified atom stereocenters. The molecule has 5 heteroatoms. The second-order valence-corrected chi connectivity index (χ2v) is 7.14. The number of carbonyl (C=O) groups is 1. The van der Waals surface area contributed by atoms with Gasteiger partial charge in [-0.2, -0.15) is 0 Å². The van der Waals surface area contributed by atoms with Crippen LogP contribution in [-0.2, 0) is 11.3 Å². The third-order valence-corrected chi connectivity index (χ3v) is 5.30. The van der Waals surface area contributed by atoms with Crippen LogP contribution in [0.3, 0.4) is 0 Å². The van der Waals surface area contributed by atoms with Crippen LogP contribution in [0, 0.1) is 11.8 Å². The van der Waals surface area contributed by atoms with Gasteiger partial charge in [-0.05, 0) is 23.6 Å². The molecule has 1 heterocycles. The molecular weight excluding hydrogens is 297 g/mol. The van der Waals surface area contributed by atoms with Gasteiger partial charge in [0.25, 0.3) is 0 Å². The van der Waals surface area contributed by atoms with Crippen molar-refractivity contribution in [1.82, 2.24) is 4.90 Å². The highest BCUT2D eigenvalue weighted by atomic mass is 35.5. The predicted molar refractivity (Wildman–Crippen MR) is 79.0 cm³/mol. The predicted octanol–water partition coefficient (Wildman–Crippen LogP) is 3.24. The van der Waals surface area contributed by atoms with Crippen molar-refractivity contribution in [2.24, 2.45) is 11.8 Å². The summed E-state index contributed by atoms with van der Waals surface area (Å²) in [5, 5.41) is 0. The molecule has 0 bridgehead atoms. The zero-order valence-corrected chi connectivity index (χ0v) is 13.0. The number of amides is 1. The molecule has 3 atom stereocenters. The Bertz CT molecular complexity index is 529. The van der Waals surface area contributed by atoms with E-state index >= 15 is 0 Å². The van der Waals surface area contributed by atoms with Gasteiger partial charge in [-0.25, -0.2) is 0 Å². The van der Waals surface area contributed by atoms with Crippen LogP contribution in [0.5, 0.6) is 5.75 Å². The molecule has 1 aromatic rings. The van der Waals surface area contributed by atoms with Crippen molar-refractivity contribution in [2.75, 3.05) is 7.11 Å². The molecule has 1 amide bonds. The lowest BCUT2D eigenvalue weighted by atomic mass is 9.97. The molecule has 0 N–H and O–H groups in total. The van der Waals surface area contributed by atoms with E-state index < -0.39 is 4.33 Å². The molecule has 1 aromatic carbocycles. The Labute approximate surface area is 128 Å². The van der Waals surface area contributed by atoms with Crippen LogP contribution in [0.4, 0.5) is 0 Å². The lowest BCUT2D eigenvalue weighted by Crippen LogP contribution is -2.39. The van der Waals surface area contributed by atoms with Gasteiger partial charge >= 0.3 is 0 Å². The molecular formula is C15H17Cl2NO2. The molecule has 2 fully saturated rings. The van der Waals surface area contributed by atoms with Crippen molar-refractivity contribution in [1.29, 1.82) is 0 Å². The number of benzene rings is 1. The van der Waals surface area contributed by atoms with Crippen molar-refractivity contribution in [3.05, 3.63) is 29.8 Å². The minimum atomic E-state index is -0.780. The van der Waals surface area contributed by atoms with Crippen molar-refractivity contribution in [3.63, 3.8) is 0 Å². The van der Waals surface area contributed by atoms with Crippen LogP contribution < -0.4 is 4.74 Å². The fourth-order valence-corrected chi connectivity index (χ4v) is 4.26. The summed E-state index contributed by atoms with van der Waals surface area (Å²) in [7, 11) is 1.63. The molecule has 1 saturated heterocycles. The lowest BCUT2D eigenvalue weighted by molar-refractivity contribution is -0.136. The van der Waals surface area contributed by atoms with Crippen molar-refractivity contribution in [3.8, 4) is 5.75 Å². The molecule has 1 aliphatic heterocycles. The Morgan fingerprint density at radius 3 is 2.60 bits per heavy atom. The van der Waals surface area contributed by atoms with Crippen LogP contribution in [0.2, 0.25) is 0 Å². The highest BCUT2D eigenvalue weighted by molar-refractivity contribution is 6.52. The number of hydrogen-bond acceptors (Lipinski definition) is 2. The van der Waals surface area contributed by atoms with Gasteiger partial charge < -0.3 is 9.64 Å². The van der Waals surface area contributed by atoms with Crippen molar-refractivity contribution in [2.45, 2.75) is 30.3 Å². The third kappa shape index (κ3) is 2.17. The van der Waals surface area contributed by atoms with Crippen LogP contribution in [0.25, 0.3) is 0 Å². The maximum atomic E-state index is 12.2. The fraction of sp³-hybridized carbons (Fsp3) is 0.533. The van der Waals surface area contributed by atoms with E-state index in [1.807, 2.05) is 36.1 Å². The number of likely N-dealkylation sites (tertiary alicyclic amines) is 1. The summed E-state index contributed by atoms with van der Waals surface area (Å²) in [4.78, 5) is 14.1. The van der Waals surface area contributed by atoms with Gasteiger partial charge in [0.1, 0.15) is 10.1 Å². The smallest absolute Gasteiger partial charge is 0.223 e. The van der Waals surface area contributed by atoms with Gasteiger partial charge in [0.15, 0.2) is 0 Å². The SMILES string of the molecule is COc1ccc(CN2C(=O)C[C@H](C)[C@@H]3[C@H]2C3(Cl)Cl)cc1. The number of rotatable bonds is 3. The van der Waals surface area contributed by atoms with Gasteiger partial charge in [-0.15, -0.1) is 0 Å². The Kier molecular flexibility index (Phi) is 3.38. The standard InChI is InChI=1S/C15H17Cl2NO2/c1-9-7-12(19)18(14-13(9)15(14,16)17)8-10-3-5-11(20-2)6-4-10/h3-6,9,13-14H,7-8H2,1-2H3/t9-,13+,14-/m0/s1. The largest absolute Gasteiger partial charge is 0.497 e. The molecule has 3 nitrogen and oxygen atoms in total. The zero-order valence-electron chi connectivity index (χ0n) is 11.5. The maximum absolute atomic E-state index is 12.2. The van der Waals surface area contributed by atoms with Crippen LogP contribution >= 0.6 is 23.2 Å². The first kappa shape index (κ1) is 14.0. The number of carbonyl (C=O) groups excluding carboxylic acids is 1. The first-order valence-electron chi connectivity index (χ1n) is 6.75. The lowest BCUT2D eigenvalue weighted by Gasteiger charge is -2.29. The van der Waals surface area contributed by atoms with E-state index in [1.165, 1.54) is 0 Å². The van der Waals surface area contributed by atoms with Gasteiger partial charge in [-0.1, -0.05) is 42.3 Å². The van der Waals surface area contributed by atoms with E-state index in [9.17, 15) is 4.79 Å². The molecule has 0 aromatic heterocycles. The molecule has 1 saturated carbocycles. The molecule has 20 heavy (non-hydrogen) atoms. The topological polar surface area (TPSA) is 29.5 Å². The normalized spacial score (nSPS) is 30.9. The number of fused-ring (bicyclic) bond motifs is 1. The number of halogens is 2. The van der Waals surface area contributed by atoms with E-state index in [-0.39, 0.29) is 23.8 Å². The second-order valence-electron chi connectivity index (χ2n) is 5.70. The molecule has 0 radical (unpaired) electrons. The first-order valence-corrected chi connectivity index (χ1v) is 7.51. The van der Waals surface area contributed by atoms with E-state index in [0.29, 0.717) is 13.0 Å².